The van der Waals surface area contributed by atoms with E-state index in [0.29, 0.717) is 0 Å². The molecule has 2 atom stereocenters. The summed E-state index contributed by atoms with van der Waals surface area (Å²) < 4.78 is 5.33. The van der Waals surface area contributed by atoms with Gasteiger partial charge in [0.05, 0.1) is 18.8 Å². The number of aliphatic hydroxyl groups excluding tert-OH is 1. The van der Waals surface area contributed by atoms with E-state index in [1.165, 1.54) is 16.7 Å². The molecule has 172 valence electrons. The van der Waals surface area contributed by atoms with Crippen LogP contribution in [0.15, 0.2) is 115 Å². The van der Waals surface area contributed by atoms with Crippen LogP contribution in [0.1, 0.15) is 41.2 Å². The predicted molar refractivity (Wildman–Crippen MR) is 137 cm³/mol. The van der Waals surface area contributed by atoms with E-state index >= 15 is 0 Å². The Morgan fingerprint density at radius 2 is 1.21 bits per heavy atom. The molecule has 5 rings (SSSR count). The Balaban J connectivity index is 1.69. The SMILES string of the molecule is COc1ccc(C(O)[C@@H]2CCCN2C(c2ccccc2)(c2ccccc2)c2ccccc2)cc1. The molecule has 0 saturated carbocycles. The summed E-state index contributed by atoms with van der Waals surface area (Å²) in [6, 6.07) is 40.0. The lowest BCUT2D eigenvalue weighted by Gasteiger charge is -2.47. The Labute approximate surface area is 202 Å². The summed E-state index contributed by atoms with van der Waals surface area (Å²) in [6.45, 7) is 0.899. The maximum absolute atomic E-state index is 11.7. The van der Waals surface area contributed by atoms with Gasteiger partial charge in [0.2, 0.25) is 0 Å². The number of benzene rings is 4. The summed E-state index contributed by atoms with van der Waals surface area (Å²) in [6.07, 6.45) is 1.36. The number of rotatable bonds is 7. The van der Waals surface area contributed by atoms with Crippen LogP contribution < -0.4 is 4.74 Å². The monoisotopic (exact) mass is 449 g/mol. The van der Waals surface area contributed by atoms with Crippen molar-refractivity contribution in [1.82, 2.24) is 4.90 Å². The van der Waals surface area contributed by atoms with E-state index < -0.39 is 11.6 Å². The highest BCUT2D eigenvalue weighted by Crippen LogP contribution is 2.48. The zero-order valence-electron chi connectivity index (χ0n) is 19.5. The molecule has 0 aromatic heterocycles. The number of hydrogen-bond acceptors (Lipinski definition) is 3. The van der Waals surface area contributed by atoms with Crippen molar-refractivity contribution in [3.05, 3.63) is 138 Å². The molecule has 3 nitrogen and oxygen atoms in total. The van der Waals surface area contributed by atoms with Crippen LogP contribution in [0, 0.1) is 0 Å². The van der Waals surface area contributed by atoms with E-state index in [1.54, 1.807) is 7.11 Å². The first kappa shape index (κ1) is 22.4. The predicted octanol–water partition coefficient (Wildman–Crippen LogP) is 6.19. The minimum atomic E-state index is -0.607. The summed E-state index contributed by atoms with van der Waals surface area (Å²) in [7, 11) is 1.66. The number of nitrogens with zero attached hydrogens (tertiary/aromatic N) is 1. The molecule has 1 fully saturated rings. The van der Waals surface area contributed by atoms with Crippen molar-refractivity contribution in [2.24, 2.45) is 0 Å². The van der Waals surface area contributed by atoms with Gasteiger partial charge in [-0.15, -0.1) is 0 Å². The highest BCUT2D eigenvalue weighted by Gasteiger charge is 2.48. The van der Waals surface area contributed by atoms with Crippen molar-refractivity contribution in [1.29, 1.82) is 0 Å². The van der Waals surface area contributed by atoms with Gasteiger partial charge in [-0.3, -0.25) is 4.90 Å². The molecule has 1 unspecified atom stereocenters. The zero-order chi connectivity index (χ0) is 23.4. The third-order valence-corrected chi connectivity index (χ3v) is 7.13. The van der Waals surface area contributed by atoms with Gasteiger partial charge in [0, 0.05) is 12.6 Å². The first-order valence-corrected chi connectivity index (χ1v) is 12.0. The fourth-order valence-corrected chi connectivity index (χ4v) is 5.60. The molecule has 0 bridgehead atoms. The molecule has 1 aliphatic rings. The molecule has 0 aliphatic carbocycles. The van der Waals surface area contributed by atoms with Crippen molar-refractivity contribution in [2.75, 3.05) is 13.7 Å². The average molecular weight is 450 g/mol. The lowest BCUT2D eigenvalue weighted by atomic mass is 9.74. The molecule has 1 saturated heterocycles. The van der Waals surface area contributed by atoms with Crippen molar-refractivity contribution >= 4 is 0 Å². The summed E-state index contributed by atoms with van der Waals surface area (Å²) in [5, 5.41) is 11.7. The van der Waals surface area contributed by atoms with Crippen molar-refractivity contribution in [3.63, 3.8) is 0 Å². The van der Waals surface area contributed by atoms with Gasteiger partial charge in [0.1, 0.15) is 5.75 Å². The fourth-order valence-electron chi connectivity index (χ4n) is 5.60. The molecular formula is C31H31NO2. The Morgan fingerprint density at radius 1 is 0.735 bits per heavy atom. The Bertz CT molecular complexity index is 1080. The van der Waals surface area contributed by atoms with Crippen LogP contribution in [-0.2, 0) is 5.54 Å². The molecule has 1 N–H and O–H groups in total. The summed E-state index contributed by atoms with van der Waals surface area (Å²) in [5.41, 5.74) is 4.03. The Hall–Kier alpha value is -3.40. The molecule has 1 aliphatic heterocycles. The normalized spacial score (nSPS) is 17.4. The highest BCUT2D eigenvalue weighted by molar-refractivity contribution is 5.50. The van der Waals surface area contributed by atoms with E-state index in [-0.39, 0.29) is 6.04 Å². The van der Waals surface area contributed by atoms with Crippen molar-refractivity contribution in [3.8, 4) is 5.75 Å². The van der Waals surface area contributed by atoms with E-state index in [9.17, 15) is 5.11 Å². The molecule has 0 amide bonds. The molecule has 4 aromatic rings. The number of aliphatic hydroxyl groups is 1. The van der Waals surface area contributed by atoms with Crippen LogP contribution in [0.4, 0.5) is 0 Å². The van der Waals surface area contributed by atoms with Gasteiger partial charge in [0.15, 0.2) is 0 Å². The van der Waals surface area contributed by atoms with Gasteiger partial charge in [-0.05, 0) is 47.2 Å². The smallest absolute Gasteiger partial charge is 0.118 e. The second-order valence-corrected chi connectivity index (χ2v) is 8.93. The molecule has 34 heavy (non-hydrogen) atoms. The standard InChI is InChI=1S/C31H31NO2/c1-34-28-21-19-24(20-22-28)30(33)29-18-11-23-32(29)31(25-12-5-2-6-13-25,26-14-7-3-8-15-26)27-16-9-4-10-17-27/h2-10,12-17,19-22,29-30,33H,11,18,23H2,1H3/t29-,30?/m0/s1. The van der Waals surface area contributed by atoms with E-state index in [4.69, 9.17) is 4.74 Å². The van der Waals surface area contributed by atoms with Crippen LogP contribution in [0.3, 0.4) is 0 Å². The quantitative estimate of drug-likeness (QED) is 0.342. The largest absolute Gasteiger partial charge is 0.497 e. The minimum Gasteiger partial charge on any atom is -0.497 e. The van der Waals surface area contributed by atoms with Crippen LogP contribution in [0.25, 0.3) is 0 Å². The average Bonchev–Trinajstić information content (AvgIpc) is 3.41. The zero-order valence-corrected chi connectivity index (χ0v) is 19.5. The van der Waals surface area contributed by atoms with Gasteiger partial charge < -0.3 is 9.84 Å². The summed E-state index contributed by atoms with van der Waals surface area (Å²) >= 11 is 0. The van der Waals surface area contributed by atoms with Gasteiger partial charge in [-0.2, -0.15) is 0 Å². The van der Waals surface area contributed by atoms with Crippen molar-refractivity contribution in [2.45, 2.75) is 30.5 Å². The number of ether oxygens (including phenoxy) is 1. The maximum atomic E-state index is 11.7. The molecule has 0 radical (unpaired) electrons. The number of likely N-dealkylation sites (tertiary alicyclic amines) is 1. The Morgan fingerprint density at radius 3 is 1.65 bits per heavy atom. The molecule has 0 spiro atoms. The summed E-state index contributed by atoms with van der Waals surface area (Å²) in [4.78, 5) is 2.53. The molecular weight excluding hydrogens is 418 g/mol. The molecule has 3 heteroatoms. The second kappa shape index (κ2) is 9.84. The van der Waals surface area contributed by atoms with Gasteiger partial charge in [-0.25, -0.2) is 0 Å². The highest BCUT2D eigenvalue weighted by atomic mass is 16.5. The second-order valence-electron chi connectivity index (χ2n) is 8.93. The number of methoxy groups -OCH3 is 1. The van der Waals surface area contributed by atoms with E-state index in [0.717, 1.165) is 30.7 Å². The van der Waals surface area contributed by atoms with Gasteiger partial charge in [0.25, 0.3) is 0 Å². The maximum Gasteiger partial charge on any atom is 0.118 e. The topological polar surface area (TPSA) is 32.7 Å². The summed E-state index contributed by atoms with van der Waals surface area (Å²) in [5.74, 6) is 0.798. The fraction of sp³-hybridized carbons (Fsp3) is 0.226. The molecule has 1 heterocycles. The van der Waals surface area contributed by atoms with E-state index in [2.05, 4.69) is 95.9 Å². The lowest BCUT2D eigenvalue weighted by Crippen LogP contribution is -2.52. The van der Waals surface area contributed by atoms with Gasteiger partial charge >= 0.3 is 0 Å². The molecule has 4 aromatic carbocycles. The minimum absolute atomic E-state index is 0.0333. The van der Waals surface area contributed by atoms with Gasteiger partial charge in [-0.1, -0.05) is 103 Å². The first-order chi connectivity index (χ1) is 16.7. The van der Waals surface area contributed by atoms with Crippen LogP contribution >= 0.6 is 0 Å². The Kier molecular flexibility index (Phi) is 6.48. The van der Waals surface area contributed by atoms with E-state index in [1.807, 2.05) is 24.3 Å². The third kappa shape index (κ3) is 3.91. The van der Waals surface area contributed by atoms with Crippen LogP contribution in [0.5, 0.6) is 5.75 Å². The van der Waals surface area contributed by atoms with Crippen molar-refractivity contribution < 1.29 is 9.84 Å². The lowest BCUT2D eigenvalue weighted by molar-refractivity contribution is 0.0325. The third-order valence-electron chi connectivity index (χ3n) is 7.13. The number of hydrogen-bond donors (Lipinski definition) is 1. The van der Waals surface area contributed by atoms with Crippen LogP contribution in [-0.4, -0.2) is 29.7 Å². The van der Waals surface area contributed by atoms with Crippen LogP contribution in [0.2, 0.25) is 0 Å². The first-order valence-electron chi connectivity index (χ1n) is 12.0.